The zero-order chi connectivity index (χ0) is 8.04. The van der Waals surface area contributed by atoms with Crippen molar-refractivity contribution in [2.45, 2.75) is 20.8 Å². The molecule has 0 aliphatic rings. The van der Waals surface area contributed by atoms with Gasteiger partial charge in [-0.1, -0.05) is 27.8 Å². The topological polar surface area (TPSA) is 0 Å². The fourth-order valence-corrected chi connectivity index (χ4v) is 0.437. The maximum absolute atomic E-state index is 3.19. The molecule has 0 unspecified atom stereocenters. The van der Waals surface area contributed by atoms with E-state index < -0.39 is 0 Å². The second kappa shape index (κ2) is 4.42. The summed E-state index contributed by atoms with van der Waals surface area (Å²) in [5, 5.41) is 0.700. The first-order valence-corrected chi connectivity index (χ1v) is 4.24. The Morgan fingerprint density at radius 1 is 1.20 bits per heavy atom. The lowest BCUT2D eigenvalue weighted by molar-refractivity contribution is 0.571. The molecule has 0 saturated heterocycles. The monoisotopic (exact) mass is 198 g/mol. The van der Waals surface area contributed by atoms with Gasteiger partial charge >= 0.3 is 0 Å². The molecule has 0 atom stereocenters. The third kappa shape index (κ3) is 7.60. The van der Waals surface area contributed by atoms with Gasteiger partial charge in [0.25, 0.3) is 0 Å². The lowest BCUT2D eigenvalue weighted by Gasteiger charge is -2.05. The maximum atomic E-state index is 3.19. The van der Waals surface area contributed by atoms with Gasteiger partial charge in [-0.25, -0.2) is 0 Å². The number of hydrogen-bond donors (Lipinski definition) is 0. The van der Waals surface area contributed by atoms with E-state index in [2.05, 4.69) is 60.4 Å². The highest BCUT2D eigenvalue weighted by atomic mass is 79.9. The highest BCUT2D eigenvalue weighted by Crippen LogP contribution is 2.09. The highest BCUT2D eigenvalue weighted by Gasteiger charge is 2.02. The van der Waals surface area contributed by atoms with Crippen LogP contribution in [-0.2, 0) is 0 Å². The van der Waals surface area contributed by atoms with Gasteiger partial charge in [0.2, 0.25) is 0 Å². The molecule has 0 rings (SSSR count). The van der Waals surface area contributed by atoms with Gasteiger partial charge in [-0.15, -0.1) is 0 Å². The molecule has 0 saturated carbocycles. The quantitative estimate of drug-likeness (QED) is 0.415. The zero-order valence-electron chi connectivity index (χ0n) is 6.59. The Morgan fingerprint density at radius 3 is 2.20 bits per heavy atom. The Hall–Kier alpha value is -0.400. The van der Waals surface area contributed by atoms with Gasteiger partial charge in [-0.3, -0.25) is 0 Å². The van der Waals surface area contributed by atoms with Crippen LogP contribution in [0.25, 0.3) is 0 Å². The summed E-state index contributed by atoms with van der Waals surface area (Å²) in [7, 11) is 0. The standard InChI is InChI=1S/C9H11Br/c1-9(2,3)7-5-4-6-8-10/h8H2,1-3H3. The minimum absolute atomic E-state index is 0.0704. The molecule has 1 heteroatoms. The molecule has 0 N–H and O–H groups in total. The summed E-state index contributed by atoms with van der Waals surface area (Å²) in [4.78, 5) is 0. The van der Waals surface area contributed by atoms with E-state index >= 15 is 0 Å². The summed E-state index contributed by atoms with van der Waals surface area (Å²) in [5.41, 5.74) is 0.0704. The molecule has 0 aliphatic carbocycles. The van der Waals surface area contributed by atoms with E-state index in [0.29, 0.717) is 5.33 Å². The normalized spacial score (nSPS) is 8.80. The first-order valence-electron chi connectivity index (χ1n) is 3.12. The van der Waals surface area contributed by atoms with Crippen LogP contribution in [-0.4, -0.2) is 5.33 Å². The van der Waals surface area contributed by atoms with E-state index in [0.717, 1.165) is 0 Å². The van der Waals surface area contributed by atoms with Crippen LogP contribution in [0.5, 0.6) is 0 Å². The second-order valence-electron chi connectivity index (χ2n) is 2.94. The molecule has 0 aromatic carbocycles. The molecule has 0 aromatic rings. The fraction of sp³-hybridized carbons (Fsp3) is 0.556. The van der Waals surface area contributed by atoms with Crippen molar-refractivity contribution >= 4 is 15.9 Å². The van der Waals surface area contributed by atoms with Crippen LogP contribution >= 0.6 is 15.9 Å². The molecule has 54 valence electrons. The molecule has 0 aromatic heterocycles. The minimum Gasteiger partial charge on any atom is -0.0832 e. The van der Waals surface area contributed by atoms with E-state index in [-0.39, 0.29) is 5.41 Å². The van der Waals surface area contributed by atoms with Crippen LogP contribution in [0.3, 0.4) is 0 Å². The van der Waals surface area contributed by atoms with Crippen molar-refractivity contribution in [3.05, 3.63) is 0 Å². The third-order valence-corrected chi connectivity index (χ3v) is 0.936. The lowest BCUT2D eigenvalue weighted by atomic mass is 9.98. The van der Waals surface area contributed by atoms with Crippen molar-refractivity contribution in [2.24, 2.45) is 5.41 Å². The molecule has 0 aliphatic heterocycles. The Morgan fingerprint density at radius 2 is 1.80 bits per heavy atom. The van der Waals surface area contributed by atoms with Gasteiger partial charge in [0.05, 0.1) is 5.33 Å². The number of alkyl halides is 1. The molecule has 0 nitrogen and oxygen atoms in total. The van der Waals surface area contributed by atoms with Crippen LogP contribution in [0.2, 0.25) is 0 Å². The lowest BCUT2D eigenvalue weighted by Crippen LogP contribution is -1.98. The van der Waals surface area contributed by atoms with Gasteiger partial charge in [0.1, 0.15) is 0 Å². The Labute approximate surface area is 71.5 Å². The summed E-state index contributed by atoms with van der Waals surface area (Å²) in [5.74, 6) is 11.3. The van der Waals surface area contributed by atoms with Crippen LogP contribution < -0.4 is 0 Å². The van der Waals surface area contributed by atoms with Crippen molar-refractivity contribution in [1.82, 2.24) is 0 Å². The Bertz CT molecular complexity index is 199. The van der Waals surface area contributed by atoms with E-state index in [4.69, 9.17) is 0 Å². The molecule has 0 amide bonds. The number of hydrogen-bond acceptors (Lipinski definition) is 0. The summed E-state index contributed by atoms with van der Waals surface area (Å²) >= 11 is 3.19. The summed E-state index contributed by atoms with van der Waals surface area (Å²) < 4.78 is 0. The zero-order valence-corrected chi connectivity index (χ0v) is 8.17. The van der Waals surface area contributed by atoms with Gasteiger partial charge in [0.15, 0.2) is 0 Å². The van der Waals surface area contributed by atoms with Crippen LogP contribution in [0.15, 0.2) is 0 Å². The molecule has 0 heterocycles. The predicted molar refractivity (Wildman–Crippen MR) is 48.8 cm³/mol. The Kier molecular flexibility index (Phi) is 4.24. The maximum Gasteiger partial charge on any atom is 0.0655 e. The predicted octanol–water partition coefficient (Wildman–Crippen LogP) is 2.43. The average molecular weight is 199 g/mol. The summed E-state index contributed by atoms with van der Waals surface area (Å²) in [6.07, 6.45) is 0. The van der Waals surface area contributed by atoms with Gasteiger partial charge < -0.3 is 0 Å². The summed E-state index contributed by atoms with van der Waals surface area (Å²) in [6.45, 7) is 6.20. The highest BCUT2D eigenvalue weighted by molar-refractivity contribution is 9.09. The second-order valence-corrected chi connectivity index (χ2v) is 3.50. The molecule has 0 spiro atoms. The molecular formula is C9H11Br. The smallest absolute Gasteiger partial charge is 0.0655 e. The molecule has 0 radical (unpaired) electrons. The van der Waals surface area contributed by atoms with Gasteiger partial charge in [-0.05, 0) is 32.6 Å². The van der Waals surface area contributed by atoms with E-state index in [1.54, 1.807) is 0 Å². The third-order valence-electron chi connectivity index (χ3n) is 0.655. The Balaban J connectivity index is 3.93. The van der Waals surface area contributed by atoms with E-state index in [1.165, 1.54) is 0 Å². The fourth-order valence-electron chi connectivity index (χ4n) is 0.296. The van der Waals surface area contributed by atoms with Crippen LogP contribution in [0, 0.1) is 29.1 Å². The van der Waals surface area contributed by atoms with Crippen molar-refractivity contribution in [2.75, 3.05) is 5.33 Å². The van der Waals surface area contributed by atoms with Crippen molar-refractivity contribution in [3.8, 4) is 23.7 Å². The first-order chi connectivity index (χ1) is 4.56. The SMILES string of the molecule is CC(C)(C)C#CC#CCBr. The minimum atomic E-state index is 0.0704. The van der Waals surface area contributed by atoms with Crippen molar-refractivity contribution in [1.29, 1.82) is 0 Å². The summed E-state index contributed by atoms with van der Waals surface area (Å²) in [6, 6.07) is 0. The van der Waals surface area contributed by atoms with Gasteiger partial charge in [0, 0.05) is 5.41 Å². The molecular weight excluding hydrogens is 188 g/mol. The van der Waals surface area contributed by atoms with E-state index in [9.17, 15) is 0 Å². The first kappa shape index (κ1) is 9.60. The number of halogens is 1. The molecule has 0 fully saturated rings. The number of rotatable bonds is 0. The van der Waals surface area contributed by atoms with E-state index in [1.807, 2.05) is 0 Å². The average Bonchev–Trinajstić information content (AvgIpc) is 1.78. The van der Waals surface area contributed by atoms with Crippen LogP contribution in [0.4, 0.5) is 0 Å². The van der Waals surface area contributed by atoms with Gasteiger partial charge in [-0.2, -0.15) is 0 Å². The van der Waals surface area contributed by atoms with Crippen molar-refractivity contribution < 1.29 is 0 Å². The van der Waals surface area contributed by atoms with Crippen LogP contribution in [0.1, 0.15) is 20.8 Å². The largest absolute Gasteiger partial charge is 0.0832 e. The van der Waals surface area contributed by atoms with Crippen molar-refractivity contribution in [3.63, 3.8) is 0 Å². The molecule has 10 heavy (non-hydrogen) atoms. The molecule has 0 bridgehead atoms.